The predicted molar refractivity (Wildman–Crippen MR) is 363 cm³/mol. The van der Waals surface area contributed by atoms with Crippen LogP contribution in [0.4, 0.5) is 0 Å². The molecule has 0 amide bonds. The van der Waals surface area contributed by atoms with Crippen LogP contribution < -0.4 is 0 Å². The van der Waals surface area contributed by atoms with Crippen LogP contribution in [0, 0.1) is 11.8 Å². The molecule has 3 N–H and O–H groups in total. The van der Waals surface area contributed by atoms with Gasteiger partial charge in [0.25, 0.3) is 0 Å². The van der Waals surface area contributed by atoms with Crippen LogP contribution in [-0.4, -0.2) is 96.7 Å². The van der Waals surface area contributed by atoms with Crippen molar-refractivity contribution in [2.24, 2.45) is 11.8 Å². The molecule has 0 aliphatic carbocycles. The minimum atomic E-state index is -4.95. The lowest BCUT2D eigenvalue weighted by Gasteiger charge is -2.21. The third-order valence-corrected chi connectivity index (χ3v) is 18.4. The van der Waals surface area contributed by atoms with Crippen molar-refractivity contribution in [2.45, 2.75) is 381 Å². The molecule has 17 nitrogen and oxygen atoms in total. The standard InChI is InChI=1S/C71H138O17P2/c1-7-9-11-13-15-17-18-19-20-23-26-30-36-42-48-54-69(74)82-59-66(87-70(75)55-49-43-37-31-27-24-21-22-25-29-33-39-45-51-63(3)4)61-85-89(77,78)83-57-65(72)58-84-90(79,80)86-62-67(60-81-68(73)53-47-41-35-28-16-14-12-10-8-2)88-71(76)56-50-44-38-32-34-40-46-52-64(5)6/h63-67,72H,7-62H2,1-6H3,(H,77,78)(H,79,80)/t65-,66-,67-/m1/s1. The minimum absolute atomic E-state index is 0.104. The Hall–Kier alpha value is -1.94. The smallest absolute Gasteiger partial charge is 0.462 e. The van der Waals surface area contributed by atoms with Gasteiger partial charge in [-0.1, -0.05) is 311 Å². The molecule has 0 heterocycles. The Morgan fingerprint density at radius 3 is 0.756 bits per heavy atom. The number of aliphatic hydroxyl groups is 1. The van der Waals surface area contributed by atoms with Gasteiger partial charge in [0.2, 0.25) is 0 Å². The molecule has 534 valence electrons. The van der Waals surface area contributed by atoms with E-state index in [4.69, 9.17) is 37.0 Å². The average molecular weight is 1330 g/mol. The van der Waals surface area contributed by atoms with E-state index in [-0.39, 0.29) is 25.7 Å². The lowest BCUT2D eigenvalue weighted by molar-refractivity contribution is -0.161. The summed E-state index contributed by atoms with van der Waals surface area (Å²) in [6.45, 7) is 9.50. The maximum absolute atomic E-state index is 13.0. The summed E-state index contributed by atoms with van der Waals surface area (Å²) in [6, 6.07) is 0. The predicted octanol–water partition coefficient (Wildman–Crippen LogP) is 20.4. The third-order valence-electron chi connectivity index (χ3n) is 16.5. The van der Waals surface area contributed by atoms with Gasteiger partial charge in [-0.05, 0) is 37.5 Å². The van der Waals surface area contributed by atoms with Crippen molar-refractivity contribution >= 4 is 39.5 Å². The van der Waals surface area contributed by atoms with Gasteiger partial charge in [0.1, 0.15) is 19.3 Å². The number of esters is 4. The van der Waals surface area contributed by atoms with Crippen LogP contribution in [0.1, 0.15) is 363 Å². The Morgan fingerprint density at radius 1 is 0.300 bits per heavy atom. The number of hydrogen-bond donors (Lipinski definition) is 3. The zero-order valence-corrected chi connectivity index (χ0v) is 60.2. The Bertz CT molecular complexity index is 1750. The quantitative estimate of drug-likeness (QED) is 0.0222. The highest BCUT2D eigenvalue weighted by Crippen LogP contribution is 2.45. The fourth-order valence-electron chi connectivity index (χ4n) is 10.8. The van der Waals surface area contributed by atoms with Gasteiger partial charge in [-0.2, -0.15) is 0 Å². The zero-order valence-electron chi connectivity index (χ0n) is 58.4. The molecule has 19 heteroatoms. The van der Waals surface area contributed by atoms with Crippen LogP contribution in [0.25, 0.3) is 0 Å². The summed E-state index contributed by atoms with van der Waals surface area (Å²) in [5, 5.41) is 10.6. The normalized spacial score (nSPS) is 14.1. The molecule has 0 aliphatic rings. The molecule has 0 radical (unpaired) electrons. The average Bonchev–Trinajstić information content (AvgIpc) is 2.97. The number of phosphoric acid groups is 2. The molecule has 0 aliphatic heterocycles. The molecule has 0 aromatic carbocycles. The summed E-state index contributed by atoms with van der Waals surface area (Å²) in [5.41, 5.74) is 0. The van der Waals surface area contributed by atoms with Crippen LogP contribution in [0.5, 0.6) is 0 Å². The summed E-state index contributed by atoms with van der Waals surface area (Å²) in [4.78, 5) is 72.5. The number of hydrogen-bond acceptors (Lipinski definition) is 15. The Kier molecular flexibility index (Phi) is 61.8. The van der Waals surface area contributed by atoms with Crippen molar-refractivity contribution in [3.63, 3.8) is 0 Å². The van der Waals surface area contributed by atoms with E-state index in [0.29, 0.717) is 31.6 Å². The lowest BCUT2D eigenvalue weighted by atomic mass is 10.0. The molecular weight excluding hydrogens is 1190 g/mol. The Labute approximate surface area is 549 Å². The van der Waals surface area contributed by atoms with E-state index in [1.54, 1.807) is 0 Å². The number of ether oxygens (including phenoxy) is 4. The zero-order chi connectivity index (χ0) is 66.5. The second kappa shape index (κ2) is 63.1. The largest absolute Gasteiger partial charge is 0.472 e. The van der Waals surface area contributed by atoms with Gasteiger partial charge < -0.3 is 33.8 Å². The van der Waals surface area contributed by atoms with Crippen molar-refractivity contribution in [2.75, 3.05) is 39.6 Å². The van der Waals surface area contributed by atoms with Gasteiger partial charge in [0.05, 0.1) is 26.4 Å². The summed E-state index contributed by atoms with van der Waals surface area (Å²) >= 11 is 0. The molecule has 0 aromatic rings. The number of aliphatic hydroxyl groups excluding tert-OH is 1. The molecule has 0 saturated carbocycles. The second-order valence-electron chi connectivity index (χ2n) is 26.6. The fourth-order valence-corrected chi connectivity index (χ4v) is 12.3. The second-order valence-corrected chi connectivity index (χ2v) is 29.5. The molecule has 0 aromatic heterocycles. The first-order valence-electron chi connectivity index (χ1n) is 37.0. The molecule has 0 fully saturated rings. The van der Waals surface area contributed by atoms with Crippen LogP contribution in [0.3, 0.4) is 0 Å². The maximum atomic E-state index is 13.0. The van der Waals surface area contributed by atoms with Crippen LogP contribution >= 0.6 is 15.6 Å². The molecule has 2 unspecified atom stereocenters. The lowest BCUT2D eigenvalue weighted by Crippen LogP contribution is -2.30. The van der Waals surface area contributed by atoms with E-state index in [1.165, 1.54) is 180 Å². The van der Waals surface area contributed by atoms with E-state index in [2.05, 4.69) is 41.5 Å². The number of rotatable bonds is 70. The number of carbonyl (C=O) groups is 4. The van der Waals surface area contributed by atoms with Gasteiger partial charge in [-0.15, -0.1) is 0 Å². The molecule has 0 saturated heterocycles. The van der Waals surface area contributed by atoms with Crippen molar-refractivity contribution < 1.29 is 80.2 Å². The highest BCUT2D eigenvalue weighted by atomic mass is 31.2. The van der Waals surface area contributed by atoms with Crippen LogP contribution in [-0.2, 0) is 65.4 Å². The topological polar surface area (TPSA) is 237 Å². The number of carbonyl (C=O) groups excluding carboxylic acids is 4. The van der Waals surface area contributed by atoms with E-state index in [9.17, 15) is 43.2 Å². The first-order valence-corrected chi connectivity index (χ1v) is 40.0. The van der Waals surface area contributed by atoms with Gasteiger partial charge in [-0.3, -0.25) is 37.3 Å². The highest BCUT2D eigenvalue weighted by Gasteiger charge is 2.30. The summed E-state index contributed by atoms with van der Waals surface area (Å²) < 4.78 is 68.3. The first kappa shape index (κ1) is 88.1. The molecule has 0 bridgehead atoms. The molecule has 90 heavy (non-hydrogen) atoms. The summed E-state index contributed by atoms with van der Waals surface area (Å²) in [6.07, 6.45) is 48.6. The van der Waals surface area contributed by atoms with Gasteiger partial charge >= 0.3 is 39.5 Å². The highest BCUT2D eigenvalue weighted by molar-refractivity contribution is 7.47. The Morgan fingerprint density at radius 2 is 0.511 bits per heavy atom. The van der Waals surface area contributed by atoms with Gasteiger partial charge in [0, 0.05) is 25.7 Å². The SMILES string of the molecule is CCCCCCCCCCCCCCCCCC(=O)OC[C@H](COP(=O)(O)OC[C@@H](O)COP(=O)(O)OC[C@@H](COC(=O)CCCCCCCCCCC)OC(=O)CCCCCCCCCC(C)C)OC(=O)CCCCCCCCCCCCCCCC(C)C. The molecule has 5 atom stereocenters. The van der Waals surface area contributed by atoms with Crippen molar-refractivity contribution in [3.8, 4) is 0 Å². The number of unbranched alkanes of at least 4 members (excludes halogenated alkanes) is 40. The van der Waals surface area contributed by atoms with Gasteiger partial charge in [0.15, 0.2) is 12.2 Å². The van der Waals surface area contributed by atoms with Crippen molar-refractivity contribution in [1.82, 2.24) is 0 Å². The van der Waals surface area contributed by atoms with Crippen LogP contribution in [0.2, 0.25) is 0 Å². The number of phosphoric ester groups is 2. The minimum Gasteiger partial charge on any atom is -0.462 e. The van der Waals surface area contributed by atoms with E-state index < -0.39 is 97.5 Å². The first-order chi connectivity index (χ1) is 43.4. The van der Waals surface area contributed by atoms with E-state index in [1.807, 2.05) is 0 Å². The van der Waals surface area contributed by atoms with E-state index >= 15 is 0 Å². The monoisotopic (exact) mass is 1320 g/mol. The third kappa shape index (κ3) is 64.8. The summed E-state index contributed by atoms with van der Waals surface area (Å²) in [5.74, 6) is -0.642. The maximum Gasteiger partial charge on any atom is 0.472 e. The van der Waals surface area contributed by atoms with E-state index in [0.717, 1.165) is 95.8 Å². The summed E-state index contributed by atoms with van der Waals surface area (Å²) in [7, 11) is -9.90. The molecular formula is C71H138O17P2. The molecule has 0 spiro atoms. The fraction of sp³-hybridized carbons (Fsp3) is 0.944. The van der Waals surface area contributed by atoms with Gasteiger partial charge in [-0.25, -0.2) is 9.13 Å². The van der Waals surface area contributed by atoms with Crippen LogP contribution in [0.15, 0.2) is 0 Å². The Balaban J connectivity index is 5.22. The van der Waals surface area contributed by atoms with Crippen molar-refractivity contribution in [3.05, 3.63) is 0 Å². The van der Waals surface area contributed by atoms with Crippen molar-refractivity contribution in [1.29, 1.82) is 0 Å². The molecule has 0 rings (SSSR count).